The molecule has 0 bridgehead atoms. The zero-order valence-corrected chi connectivity index (χ0v) is 20.0. The molecule has 0 amide bonds. The van der Waals surface area contributed by atoms with Gasteiger partial charge in [0.15, 0.2) is 0 Å². The fraction of sp³-hybridized carbons (Fsp3) is 1.00. The molecule has 0 aliphatic rings. The first-order valence-electron chi connectivity index (χ1n) is 11.2. The summed E-state index contributed by atoms with van der Waals surface area (Å²) in [7, 11) is 0. The van der Waals surface area contributed by atoms with Gasteiger partial charge in [0.2, 0.25) is 0 Å². The molecule has 2 heteroatoms. The van der Waals surface area contributed by atoms with Gasteiger partial charge in [-0.25, -0.2) is 0 Å². The van der Waals surface area contributed by atoms with Gasteiger partial charge in [-0.3, -0.25) is 0 Å². The van der Waals surface area contributed by atoms with Crippen molar-refractivity contribution in [3.63, 3.8) is 0 Å². The molecule has 0 radical (unpaired) electrons. The van der Waals surface area contributed by atoms with Crippen molar-refractivity contribution in [3.05, 3.63) is 0 Å². The second-order valence-electron chi connectivity index (χ2n) is 8.56. The molecular formula is C22H48BrP. The quantitative estimate of drug-likeness (QED) is 0.152. The molecule has 0 rings (SSSR count). The molecule has 24 heavy (non-hydrogen) atoms. The molecule has 0 aromatic carbocycles. The van der Waals surface area contributed by atoms with E-state index in [-0.39, 0.29) is 0 Å². The van der Waals surface area contributed by atoms with Gasteiger partial charge in [0.25, 0.3) is 0 Å². The molecule has 0 unspecified atom stereocenters. The number of hydrogen-bond acceptors (Lipinski definition) is 0. The number of unbranched alkanes of at least 4 members (excludes halogenated alkanes) is 12. The average molecular weight is 424 g/mol. The Labute approximate surface area is 163 Å². The van der Waals surface area contributed by atoms with Crippen molar-refractivity contribution < 1.29 is 0 Å². The van der Waals surface area contributed by atoms with Crippen LogP contribution in [0.15, 0.2) is 0 Å². The van der Waals surface area contributed by atoms with Crippen LogP contribution in [0.4, 0.5) is 0 Å². The molecule has 0 aromatic heterocycles. The summed E-state index contributed by atoms with van der Waals surface area (Å²) in [5.74, 6) is 0. The summed E-state index contributed by atoms with van der Waals surface area (Å²) < 4.78 is 0. The topological polar surface area (TPSA) is 0 Å². The Bertz CT molecular complexity index is 232. The first-order chi connectivity index (χ1) is 11.5. The van der Waals surface area contributed by atoms with E-state index >= 15 is 0 Å². The van der Waals surface area contributed by atoms with E-state index in [1.54, 1.807) is 0 Å². The van der Waals surface area contributed by atoms with E-state index in [0.29, 0.717) is 0 Å². The van der Waals surface area contributed by atoms with Crippen LogP contribution in [-0.2, 0) is 0 Å². The SMILES string of the molecule is CCCCCCCP(C)(Br)(CCCCCCC)CCCCCCC. The van der Waals surface area contributed by atoms with Crippen LogP contribution in [0.2, 0.25) is 0 Å². The van der Waals surface area contributed by atoms with E-state index in [2.05, 4.69) is 42.9 Å². The third-order valence-corrected chi connectivity index (χ3v) is 13.5. The molecule has 0 N–H and O–H groups in total. The maximum atomic E-state index is 4.43. The van der Waals surface area contributed by atoms with Gasteiger partial charge in [-0.05, 0) is 0 Å². The van der Waals surface area contributed by atoms with Crippen LogP contribution in [0.3, 0.4) is 0 Å². The van der Waals surface area contributed by atoms with Crippen LogP contribution < -0.4 is 0 Å². The minimum absolute atomic E-state index is 1.36. The Morgan fingerprint density at radius 2 is 0.708 bits per heavy atom. The molecule has 0 aliphatic carbocycles. The van der Waals surface area contributed by atoms with Crippen molar-refractivity contribution in [1.82, 2.24) is 0 Å². The van der Waals surface area contributed by atoms with Gasteiger partial charge < -0.3 is 0 Å². The molecule has 148 valence electrons. The van der Waals surface area contributed by atoms with Crippen LogP contribution in [0.1, 0.15) is 117 Å². The zero-order chi connectivity index (χ0) is 18.2. The Hall–Kier alpha value is 0.910. The average Bonchev–Trinajstić information content (AvgIpc) is 2.54. The predicted octanol–water partition coefficient (Wildman–Crippen LogP) is 9.39. The second-order valence-corrected chi connectivity index (χ2v) is 20.8. The summed E-state index contributed by atoms with van der Waals surface area (Å²) in [5.41, 5.74) is 0. The van der Waals surface area contributed by atoms with E-state index in [1.807, 2.05) is 0 Å². The van der Waals surface area contributed by atoms with E-state index in [9.17, 15) is 0 Å². The van der Waals surface area contributed by atoms with Crippen molar-refractivity contribution >= 4 is 20.8 Å². The Balaban J connectivity index is 4.30. The molecule has 0 heterocycles. The van der Waals surface area contributed by atoms with Crippen molar-refractivity contribution in [2.24, 2.45) is 0 Å². The summed E-state index contributed by atoms with van der Waals surface area (Å²) in [5, 5.41) is -1.60. The van der Waals surface area contributed by atoms with Gasteiger partial charge in [0.1, 0.15) is 0 Å². The second kappa shape index (κ2) is 15.0. The summed E-state index contributed by atoms with van der Waals surface area (Å²) >= 11 is 4.43. The van der Waals surface area contributed by atoms with E-state index in [4.69, 9.17) is 0 Å². The van der Waals surface area contributed by atoms with Gasteiger partial charge in [-0.15, -0.1) is 0 Å². The Kier molecular flexibility index (Phi) is 15.6. The van der Waals surface area contributed by atoms with Crippen LogP contribution >= 0.6 is 20.8 Å². The van der Waals surface area contributed by atoms with Crippen molar-refractivity contribution in [1.29, 1.82) is 0 Å². The minimum atomic E-state index is -1.60. The fourth-order valence-electron chi connectivity index (χ4n) is 3.81. The van der Waals surface area contributed by atoms with Gasteiger partial charge in [-0.1, -0.05) is 0 Å². The van der Waals surface area contributed by atoms with Crippen molar-refractivity contribution in [2.45, 2.75) is 117 Å². The molecule has 0 saturated heterocycles. The number of halogens is 1. The van der Waals surface area contributed by atoms with Crippen LogP contribution in [0.5, 0.6) is 0 Å². The van der Waals surface area contributed by atoms with Gasteiger partial charge in [0, 0.05) is 0 Å². The van der Waals surface area contributed by atoms with Gasteiger partial charge in [-0.2, -0.15) is 0 Å². The summed E-state index contributed by atoms with van der Waals surface area (Å²) in [6, 6.07) is 0. The van der Waals surface area contributed by atoms with Gasteiger partial charge in [0.05, 0.1) is 0 Å². The molecule has 0 fully saturated rings. The standard InChI is InChI=1S/C22H48BrP/c1-5-8-11-14-17-20-24(4,23,21-18-15-12-9-6-2)22-19-16-13-10-7-3/h5-22H2,1-4H3. The summed E-state index contributed by atoms with van der Waals surface area (Å²) in [6.07, 6.45) is 25.9. The van der Waals surface area contributed by atoms with Crippen LogP contribution in [-0.4, -0.2) is 25.2 Å². The predicted molar refractivity (Wildman–Crippen MR) is 123 cm³/mol. The molecular weight excluding hydrogens is 375 g/mol. The third kappa shape index (κ3) is 14.1. The summed E-state index contributed by atoms with van der Waals surface area (Å²) in [4.78, 5) is 0. The summed E-state index contributed by atoms with van der Waals surface area (Å²) in [6.45, 7) is 9.62. The Morgan fingerprint density at radius 3 is 0.958 bits per heavy atom. The zero-order valence-electron chi connectivity index (χ0n) is 17.6. The monoisotopic (exact) mass is 422 g/mol. The first-order valence-corrected chi connectivity index (χ1v) is 16.4. The Morgan fingerprint density at radius 1 is 0.458 bits per heavy atom. The maximum absolute atomic E-state index is 4.43. The van der Waals surface area contributed by atoms with Gasteiger partial charge >= 0.3 is 163 Å². The number of rotatable bonds is 18. The molecule has 0 aliphatic heterocycles. The van der Waals surface area contributed by atoms with E-state index in [0.717, 1.165) is 0 Å². The molecule has 0 spiro atoms. The van der Waals surface area contributed by atoms with Crippen LogP contribution in [0, 0.1) is 0 Å². The van der Waals surface area contributed by atoms with Crippen molar-refractivity contribution in [3.8, 4) is 0 Å². The fourth-order valence-corrected chi connectivity index (χ4v) is 10.1. The molecule has 0 nitrogen and oxygen atoms in total. The van der Waals surface area contributed by atoms with Crippen LogP contribution in [0.25, 0.3) is 0 Å². The molecule has 0 atom stereocenters. The van der Waals surface area contributed by atoms with E-state index in [1.165, 1.54) is 115 Å². The molecule has 0 aromatic rings. The molecule has 0 saturated carbocycles. The van der Waals surface area contributed by atoms with E-state index < -0.39 is 5.31 Å². The third-order valence-electron chi connectivity index (χ3n) is 5.66. The van der Waals surface area contributed by atoms with Crippen molar-refractivity contribution in [2.75, 3.05) is 25.2 Å². The number of hydrogen-bond donors (Lipinski definition) is 0. The normalized spacial score (nSPS) is 13.8. The first kappa shape index (κ1) is 24.9.